The van der Waals surface area contributed by atoms with E-state index in [4.69, 9.17) is 10.5 Å². The molecule has 2 rings (SSSR count). The molecule has 0 saturated heterocycles. The van der Waals surface area contributed by atoms with Crippen LogP contribution in [-0.2, 0) is 16.1 Å². The van der Waals surface area contributed by atoms with Crippen molar-refractivity contribution in [1.29, 1.82) is 0 Å². The Kier molecular flexibility index (Phi) is 6.85. The van der Waals surface area contributed by atoms with Gasteiger partial charge in [-0.1, -0.05) is 52.0 Å². The minimum atomic E-state index is -0.856. The predicted octanol–water partition coefficient (Wildman–Crippen LogP) is 3.38. The third kappa shape index (κ3) is 3.76. The van der Waals surface area contributed by atoms with Crippen molar-refractivity contribution >= 4 is 18.3 Å². The molecule has 1 saturated carbocycles. The van der Waals surface area contributed by atoms with Crippen LogP contribution in [0.2, 0.25) is 0 Å². The van der Waals surface area contributed by atoms with Crippen LogP contribution >= 0.6 is 12.4 Å². The number of hydrogen-bond donors (Lipinski definition) is 2. The number of carbonyl (C=O) groups excluding carboxylic acids is 1. The number of halogens is 1. The van der Waals surface area contributed by atoms with Gasteiger partial charge in [-0.25, -0.2) is 0 Å². The van der Waals surface area contributed by atoms with Crippen molar-refractivity contribution in [1.82, 2.24) is 5.32 Å². The van der Waals surface area contributed by atoms with Gasteiger partial charge in [0.15, 0.2) is 0 Å². The van der Waals surface area contributed by atoms with Gasteiger partial charge < -0.3 is 15.8 Å². The maximum atomic E-state index is 12.6. The number of carbonyl (C=O) groups is 1. The SMILES string of the molecule is CCOC1CC(N)(C(=O)NCc2ccc(C(C)C)cc2)C1(C)C.Cl. The number of hydrogen-bond acceptors (Lipinski definition) is 3. The molecule has 1 aliphatic rings. The second kappa shape index (κ2) is 7.85. The third-order valence-corrected chi connectivity index (χ3v) is 5.33. The first-order valence-electron chi connectivity index (χ1n) is 8.50. The Balaban J connectivity index is 0.00000288. The molecule has 0 aliphatic heterocycles. The molecule has 2 atom stereocenters. The van der Waals surface area contributed by atoms with E-state index >= 15 is 0 Å². The Morgan fingerprint density at radius 2 is 1.92 bits per heavy atom. The number of nitrogens with one attached hydrogen (secondary N) is 1. The summed E-state index contributed by atoms with van der Waals surface area (Å²) in [6.07, 6.45) is 0.625. The average Bonchev–Trinajstić information content (AvgIpc) is 2.52. The van der Waals surface area contributed by atoms with E-state index in [9.17, 15) is 4.79 Å². The van der Waals surface area contributed by atoms with Crippen molar-refractivity contribution in [3.8, 4) is 0 Å². The van der Waals surface area contributed by atoms with Crippen LogP contribution in [0.1, 0.15) is 58.1 Å². The Morgan fingerprint density at radius 1 is 1.33 bits per heavy atom. The average molecular weight is 355 g/mol. The quantitative estimate of drug-likeness (QED) is 0.823. The second-order valence-electron chi connectivity index (χ2n) is 7.42. The van der Waals surface area contributed by atoms with E-state index in [1.807, 2.05) is 20.8 Å². The fourth-order valence-electron chi connectivity index (χ4n) is 3.18. The maximum Gasteiger partial charge on any atom is 0.241 e. The molecule has 4 nitrogen and oxygen atoms in total. The summed E-state index contributed by atoms with van der Waals surface area (Å²) in [6, 6.07) is 8.35. The van der Waals surface area contributed by atoms with Crippen LogP contribution in [0.15, 0.2) is 24.3 Å². The molecular formula is C19H31ClN2O2. The summed E-state index contributed by atoms with van der Waals surface area (Å²) in [5.41, 5.74) is 7.56. The summed E-state index contributed by atoms with van der Waals surface area (Å²) >= 11 is 0. The Labute approximate surface area is 151 Å². The van der Waals surface area contributed by atoms with Gasteiger partial charge in [0.25, 0.3) is 0 Å². The van der Waals surface area contributed by atoms with E-state index in [0.717, 1.165) is 5.56 Å². The van der Waals surface area contributed by atoms with Crippen molar-refractivity contribution in [2.45, 2.75) is 65.1 Å². The molecule has 136 valence electrons. The molecule has 0 bridgehead atoms. The topological polar surface area (TPSA) is 64.3 Å². The Morgan fingerprint density at radius 3 is 2.38 bits per heavy atom. The van der Waals surface area contributed by atoms with E-state index < -0.39 is 5.54 Å². The zero-order valence-electron chi connectivity index (χ0n) is 15.4. The molecule has 24 heavy (non-hydrogen) atoms. The van der Waals surface area contributed by atoms with Crippen molar-refractivity contribution in [2.24, 2.45) is 11.1 Å². The zero-order valence-corrected chi connectivity index (χ0v) is 16.2. The Bertz CT molecular complexity index is 557. The lowest BCUT2D eigenvalue weighted by atomic mass is 9.54. The van der Waals surface area contributed by atoms with Gasteiger partial charge in [-0.2, -0.15) is 0 Å². The fraction of sp³-hybridized carbons (Fsp3) is 0.632. The van der Waals surface area contributed by atoms with Gasteiger partial charge in [-0.3, -0.25) is 4.79 Å². The van der Waals surface area contributed by atoms with Crippen molar-refractivity contribution in [3.05, 3.63) is 35.4 Å². The molecular weight excluding hydrogens is 324 g/mol. The van der Waals surface area contributed by atoms with Gasteiger partial charge in [0.05, 0.1) is 6.10 Å². The minimum Gasteiger partial charge on any atom is -0.378 e. The van der Waals surface area contributed by atoms with Crippen LogP contribution < -0.4 is 11.1 Å². The standard InChI is InChI=1S/C19H30N2O2.ClH/c1-6-23-16-11-19(20,18(16,4)5)17(22)21-12-14-7-9-15(10-8-14)13(2)3;/h7-10,13,16H,6,11-12,20H2,1-5H3,(H,21,22);1H. The largest absolute Gasteiger partial charge is 0.378 e. The van der Waals surface area contributed by atoms with Crippen LogP contribution in [0, 0.1) is 5.41 Å². The molecule has 5 heteroatoms. The molecule has 0 radical (unpaired) electrons. The van der Waals surface area contributed by atoms with E-state index in [2.05, 4.69) is 43.4 Å². The summed E-state index contributed by atoms with van der Waals surface area (Å²) < 4.78 is 5.68. The van der Waals surface area contributed by atoms with Crippen molar-refractivity contribution in [2.75, 3.05) is 6.61 Å². The second-order valence-corrected chi connectivity index (χ2v) is 7.42. The third-order valence-electron chi connectivity index (χ3n) is 5.33. The number of benzene rings is 1. The van der Waals surface area contributed by atoms with Gasteiger partial charge in [0.2, 0.25) is 5.91 Å². The molecule has 1 amide bonds. The highest BCUT2D eigenvalue weighted by molar-refractivity contribution is 5.88. The number of nitrogens with two attached hydrogens (primary N) is 1. The van der Waals surface area contributed by atoms with E-state index in [0.29, 0.717) is 25.5 Å². The summed E-state index contributed by atoms with van der Waals surface area (Å²) in [4.78, 5) is 12.6. The van der Waals surface area contributed by atoms with Gasteiger partial charge in [0, 0.05) is 25.0 Å². The van der Waals surface area contributed by atoms with Gasteiger partial charge in [-0.05, 0) is 24.0 Å². The number of ether oxygens (including phenoxy) is 1. The molecule has 1 fully saturated rings. The summed E-state index contributed by atoms with van der Waals surface area (Å²) in [5.74, 6) is 0.420. The highest BCUT2D eigenvalue weighted by Gasteiger charge is 2.62. The summed E-state index contributed by atoms with van der Waals surface area (Å²) in [6.45, 7) is 11.5. The fourth-order valence-corrected chi connectivity index (χ4v) is 3.18. The highest BCUT2D eigenvalue weighted by Crippen LogP contribution is 2.49. The molecule has 0 spiro atoms. The van der Waals surface area contributed by atoms with E-state index in [1.54, 1.807) is 0 Å². The number of rotatable bonds is 6. The molecule has 1 aromatic carbocycles. The van der Waals surface area contributed by atoms with Crippen LogP contribution in [0.5, 0.6) is 0 Å². The molecule has 0 aromatic heterocycles. The van der Waals surface area contributed by atoms with E-state index in [1.165, 1.54) is 5.56 Å². The van der Waals surface area contributed by atoms with Crippen LogP contribution in [0.4, 0.5) is 0 Å². The highest BCUT2D eigenvalue weighted by atomic mass is 35.5. The minimum absolute atomic E-state index is 0. The van der Waals surface area contributed by atoms with E-state index in [-0.39, 0.29) is 29.8 Å². The monoisotopic (exact) mass is 354 g/mol. The van der Waals surface area contributed by atoms with Crippen LogP contribution in [-0.4, -0.2) is 24.2 Å². The first kappa shape index (κ1) is 20.9. The van der Waals surface area contributed by atoms with Crippen LogP contribution in [0.25, 0.3) is 0 Å². The lowest BCUT2D eigenvalue weighted by molar-refractivity contribution is -0.170. The van der Waals surface area contributed by atoms with Crippen LogP contribution in [0.3, 0.4) is 0 Å². The van der Waals surface area contributed by atoms with Gasteiger partial charge in [-0.15, -0.1) is 12.4 Å². The number of amides is 1. The summed E-state index contributed by atoms with van der Waals surface area (Å²) in [7, 11) is 0. The van der Waals surface area contributed by atoms with Crippen molar-refractivity contribution < 1.29 is 9.53 Å². The Hall–Kier alpha value is -1.10. The first-order chi connectivity index (χ1) is 10.7. The smallest absolute Gasteiger partial charge is 0.241 e. The molecule has 0 heterocycles. The lowest BCUT2D eigenvalue weighted by Gasteiger charge is -2.57. The predicted molar refractivity (Wildman–Crippen MR) is 100 cm³/mol. The molecule has 2 unspecified atom stereocenters. The summed E-state index contributed by atoms with van der Waals surface area (Å²) in [5, 5.41) is 2.99. The van der Waals surface area contributed by atoms with Gasteiger partial charge >= 0.3 is 0 Å². The molecule has 1 aliphatic carbocycles. The molecule has 1 aromatic rings. The zero-order chi connectivity index (χ0) is 17.3. The normalized spacial score (nSPS) is 24.9. The van der Waals surface area contributed by atoms with Gasteiger partial charge in [0.1, 0.15) is 5.54 Å². The first-order valence-corrected chi connectivity index (χ1v) is 8.50. The molecule has 3 N–H and O–H groups in total. The van der Waals surface area contributed by atoms with Crippen molar-refractivity contribution in [3.63, 3.8) is 0 Å². The lowest BCUT2D eigenvalue weighted by Crippen LogP contribution is -2.75. The maximum absolute atomic E-state index is 12.6.